The maximum Gasteiger partial charge on any atom is 0.407 e. The summed E-state index contributed by atoms with van der Waals surface area (Å²) in [5.74, 6) is -2.41. The Kier molecular flexibility index (Phi) is 9.47. The lowest BCUT2D eigenvalue weighted by Gasteiger charge is -2.52. The predicted molar refractivity (Wildman–Crippen MR) is 181 cm³/mol. The molecule has 13 heteroatoms. The van der Waals surface area contributed by atoms with Crippen LogP contribution in [-0.2, 0) is 27.4 Å². The van der Waals surface area contributed by atoms with Gasteiger partial charge in [-0.15, -0.1) is 0 Å². The molecule has 5 aliphatic heterocycles. The number of nitrogens with one attached hydrogen (secondary N) is 3. The predicted octanol–water partition coefficient (Wildman–Crippen LogP) is 4.54. The van der Waals surface area contributed by atoms with E-state index in [2.05, 4.69) is 41.6 Å². The number of amides is 4. The number of fused-ring (bicyclic) bond motifs is 3. The Bertz CT molecular complexity index is 1500. The third-order valence-electron chi connectivity index (χ3n) is 12.1. The molecule has 0 radical (unpaired) electrons. The van der Waals surface area contributed by atoms with Crippen molar-refractivity contribution < 1.29 is 32.8 Å². The zero-order valence-corrected chi connectivity index (χ0v) is 29.7. The van der Waals surface area contributed by atoms with Crippen LogP contribution < -0.4 is 16.0 Å². The Labute approximate surface area is 293 Å². The van der Waals surface area contributed by atoms with E-state index in [4.69, 9.17) is 16.3 Å². The minimum atomic E-state index is -0.878. The van der Waals surface area contributed by atoms with Gasteiger partial charge in [0.15, 0.2) is 6.17 Å². The molecule has 4 saturated heterocycles. The fraction of sp³-hybridized carbons (Fsp3) is 0.722. The number of halogens is 2. The molecule has 49 heavy (non-hydrogen) atoms. The molecule has 1 aromatic carbocycles. The zero-order chi connectivity index (χ0) is 34.7. The van der Waals surface area contributed by atoms with Crippen LogP contribution in [0.5, 0.6) is 0 Å². The van der Waals surface area contributed by atoms with E-state index in [0.29, 0.717) is 23.8 Å². The Morgan fingerprint density at radius 3 is 2.45 bits per heavy atom. The molecule has 5 heterocycles. The first-order valence-electron chi connectivity index (χ1n) is 18.3. The maximum absolute atomic E-state index is 15.7. The molecule has 4 atom stereocenters. The molecule has 4 amide bonds. The number of nitrogens with zero attached hydrogens (tertiary/aromatic N) is 3. The summed E-state index contributed by atoms with van der Waals surface area (Å²) < 4.78 is 22.7. The highest BCUT2D eigenvalue weighted by Crippen LogP contribution is 2.45. The van der Waals surface area contributed by atoms with Crippen molar-refractivity contribution in [3.05, 3.63) is 33.6 Å². The van der Waals surface area contributed by atoms with Gasteiger partial charge < -0.3 is 19.4 Å². The summed E-state index contributed by atoms with van der Waals surface area (Å²) in [6.07, 6.45) is 10.7. The quantitative estimate of drug-likeness (QED) is 0.305. The van der Waals surface area contributed by atoms with E-state index in [-0.39, 0.29) is 59.8 Å². The number of rotatable bonds is 5. The summed E-state index contributed by atoms with van der Waals surface area (Å²) in [5, 5.41) is 9.24. The third-order valence-corrected chi connectivity index (χ3v) is 12.4. The number of hydrogen-bond donors (Lipinski definition) is 3. The van der Waals surface area contributed by atoms with Crippen molar-refractivity contribution in [2.75, 3.05) is 19.6 Å². The van der Waals surface area contributed by atoms with Gasteiger partial charge in [-0.05, 0) is 56.4 Å². The smallest absolute Gasteiger partial charge is 0.407 e. The van der Waals surface area contributed by atoms with E-state index in [0.717, 1.165) is 12.8 Å². The van der Waals surface area contributed by atoms with E-state index >= 15 is 4.39 Å². The van der Waals surface area contributed by atoms with Crippen LogP contribution in [0, 0.1) is 11.2 Å². The number of carbonyl (C=O) groups excluding carboxylic acids is 4. The third kappa shape index (κ3) is 6.47. The highest BCUT2D eigenvalue weighted by molar-refractivity contribution is 6.32. The number of piperidine rings is 2. The molecule has 3 N–H and O–H groups in total. The fourth-order valence-corrected chi connectivity index (χ4v) is 9.84. The molecule has 7 rings (SSSR count). The molecule has 1 aromatic rings. The van der Waals surface area contributed by atoms with Gasteiger partial charge in [0.05, 0.1) is 37.4 Å². The van der Waals surface area contributed by atoms with Crippen LogP contribution >= 0.6 is 11.6 Å². The van der Waals surface area contributed by atoms with Gasteiger partial charge in [-0.25, -0.2) is 9.18 Å². The van der Waals surface area contributed by atoms with Crippen LogP contribution in [0.4, 0.5) is 9.18 Å². The average molecular weight is 702 g/mol. The van der Waals surface area contributed by atoms with Gasteiger partial charge in [0.25, 0.3) is 5.91 Å². The van der Waals surface area contributed by atoms with E-state index in [1.54, 1.807) is 0 Å². The van der Waals surface area contributed by atoms with Crippen LogP contribution in [0.15, 0.2) is 6.07 Å². The van der Waals surface area contributed by atoms with Gasteiger partial charge in [0, 0.05) is 54.5 Å². The van der Waals surface area contributed by atoms with Gasteiger partial charge in [0.2, 0.25) is 11.8 Å². The minimum Gasteiger partial charge on any atom is -0.446 e. The highest BCUT2D eigenvalue weighted by Gasteiger charge is 2.59. The summed E-state index contributed by atoms with van der Waals surface area (Å²) in [4.78, 5) is 54.1. The molecule has 0 bridgehead atoms. The van der Waals surface area contributed by atoms with Gasteiger partial charge in [-0.2, -0.15) is 0 Å². The van der Waals surface area contributed by atoms with Gasteiger partial charge >= 0.3 is 6.09 Å². The number of ether oxygens (including phenoxy) is 1. The summed E-state index contributed by atoms with van der Waals surface area (Å²) in [5.41, 5.74) is 0.212. The molecule has 1 aliphatic carbocycles. The molecule has 4 unspecified atom stereocenters. The number of alkyl carbamates (subject to hydrolysis) is 1. The molecule has 11 nitrogen and oxygen atoms in total. The second-order valence-electron chi connectivity index (χ2n) is 16.3. The van der Waals surface area contributed by atoms with Crippen molar-refractivity contribution in [3.8, 4) is 0 Å². The molecule has 6 aliphatic rings. The molecular formula is C36H51ClFN6O5+. The molecule has 0 aromatic heterocycles. The molecule has 268 valence electrons. The normalized spacial score (nSPS) is 31.8. The first-order valence-corrected chi connectivity index (χ1v) is 18.7. The van der Waals surface area contributed by atoms with E-state index in [1.807, 2.05) is 0 Å². The van der Waals surface area contributed by atoms with Crippen molar-refractivity contribution in [1.82, 2.24) is 25.8 Å². The van der Waals surface area contributed by atoms with E-state index in [9.17, 15) is 19.2 Å². The lowest BCUT2D eigenvalue weighted by molar-refractivity contribution is -0.959. The largest absolute Gasteiger partial charge is 0.446 e. The second-order valence-corrected chi connectivity index (χ2v) is 16.7. The van der Waals surface area contributed by atoms with Crippen molar-refractivity contribution >= 4 is 35.4 Å². The molecule has 1 spiro atoms. The van der Waals surface area contributed by atoms with Crippen molar-refractivity contribution in [2.24, 2.45) is 5.41 Å². The van der Waals surface area contributed by atoms with Crippen molar-refractivity contribution in [1.29, 1.82) is 0 Å². The van der Waals surface area contributed by atoms with Crippen molar-refractivity contribution in [3.63, 3.8) is 0 Å². The number of imide groups is 1. The number of quaternary nitrogens is 1. The van der Waals surface area contributed by atoms with E-state index < -0.39 is 35.7 Å². The summed E-state index contributed by atoms with van der Waals surface area (Å²) in [6, 6.07) is 1.32. The van der Waals surface area contributed by atoms with Crippen LogP contribution in [-0.4, -0.2) is 94.3 Å². The molecule has 1 saturated carbocycles. The average Bonchev–Trinajstić information content (AvgIpc) is 3.57. The summed E-state index contributed by atoms with van der Waals surface area (Å²) in [7, 11) is 0. The standard InChI is InChI=1S/C36H50ClFN6O5/c1-36(2,3)34-41-31-26(10-9-15-44(31)13-7-5-4-6-8-14-44)43(34)22-17-23(18-22)49-35(48)39-19-21-16-25(37)24-20-42(33(47)29(24)30(21)38)27-11-12-28(45)40-32(27)46/h16,22-23,26-27,31,34,41H,4-15,17-20H2,1-3H3,(H-,39,40,45,46,48)/p+1. The van der Waals surface area contributed by atoms with E-state index in [1.165, 1.54) is 80.0 Å². The first kappa shape index (κ1) is 34.6. The van der Waals surface area contributed by atoms with Crippen molar-refractivity contribution in [2.45, 2.75) is 141 Å². The Balaban J connectivity index is 0.964. The number of hydrogen-bond acceptors (Lipinski definition) is 7. The van der Waals surface area contributed by atoms with Crippen LogP contribution in [0.1, 0.15) is 113 Å². The van der Waals surface area contributed by atoms with Crippen LogP contribution in [0.3, 0.4) is 0 Å². The number of carbonyl (C=O) groups is 4. The zero-order valence-electron chi connectivity index (χ0n) is 29.0. The lowest BCUT2D eigenvalue weighted by atomic mass is 9.83. The van der Waals surface area contributed by atoms with Gasteiger partial charge in [-0.1, -0.05) is 38.8 Å². The summed E-state index contributed by atoms with van der Waals surface area (Å²) >= 11 is 6.49. The Hall–Kier alpha value is -2.80. The first-order chi connectivity index (χ1) is 23.4. The Morgan fingerprint density at radius 2 is 1.76 bits per heavy atom. The lowest BCUT2D eigenvalue weighted by Crippen LogP contribution is -2.67. The topological polar surface area (TPSA) is 120 Å². The minimum absolute atomic E-state index is 0.0288. The monoisotopic (exact) mass is 701 g/mol. The maximum atomic E-state index is 15.7. The number of benzene rings is 1. The summed E-state index contributed by atoms with van der Waals surface area (Å²) in [6.45, 7) is 10.5. The molecule has 5 fully saturated rings. The fourth-order valence-electron chi connectivity index (χ4n) is 9.55. The Morgan fingerprint density at radius 1 is 1.06 bits per heavy atom. The van der Waals surface area contributed by atoms with Crippen LogP contribution in [0.2, 0.25) is 5.02 Å². The highest BCUT2D eigenvalue weighted by atomic mass is 35.5. The van der Waals surface area contributed by atoms with Gasteiger partial charge in [-0.3, -0.25) is 29.9 Å². The SMILES string of the molecule is CC(C)(C)C1NC2C(CCC[N+]23CCCCCCC3)N1C1CC(OC(=O)NCc2cc(Cl)c3c(c2F)C(=O)N(C2CCC(=O)NC2=O)C3)C1. The second kappa shape index (κ2) is 13.4. The van der Waals surface area contributed by atoms with Crippen LogP contribution in [0.25, 0.3) is 0 Å². The van der Waals surface area contributed by atoms with Gasteiger partial charge in [0.1, 0.15) is 18.0 Å². The molecular weight excluding hydrogens is 651 g/mol.